The van der Waals surface area contributed by atoms with Gasteiger partial charge in [0, 0.05) is 10.9 Å². The average molecular weight is 314 g/mol. The molecule has 0 bridgehead atoms. The predicted octanol–water partition coefficient (Wildman–Crippen LogP) is 4.74. The van der Waals surface area contributed by atoms with Crippen LogP contribution in [0, 0.1) is 13.8 Å². The lowest BCUT2D eigenvalue weighted by molar-refractivity contribution is 0.102. The molecule has 0 aliphatic heterocycles. The van der Waals surface area contributed by atoms with E-state index < -0.39 is 0 Å². The lowest BCUT2D eigenvalue weighted by Gasteiger charge is -2.04. The summed E-state index contributed by atoms with van der Waals surface area (Å²) in [6.07, 6.45) is 0. The normalized spacial score (nSPS) is 10.6. The molecule has 1 N–H and O–H groups in total. The van der Waals surface area contributed by atoms with Crippen LogP contribution in [0.5, 0.6) is 0 Å². The molecule has 0 aliphatic carbocycles. The molecule has 3 nitrogen and oxygen atoms in total. The molecule has 2 aromatic heterocycles. The number of thiophene rings is 1. The van der Waals surface area contributed by atoms with E-state index >= 15 is 0 Å². The number of hydrogen-bond donors (Lipinski definition) is 1. The fourth-order valence-electron chi connectivity index (χ4n) is 1.92. The minimum atomic E-state index is -0.120. The van der Waals surface area contributed by atoms with E-state index in [2.05, 4.69) is 10.3 Å². The molecule has 0 radical (unpaired) electrons. The van der Waals surface area contributed by atoms with Gasteiger partial charge in [-0.3, -0.25) is 10.1 Å². The Morgan fingerprint density at radius 2 is 2.00 bits per heavy atom. The zero-order valence-electron chi connectivity index (χ0n) is 11.7. The van der Waals surface area contributed by atoms with Crippen LogP contribution >= 0.6 is 22.7 Å². The fourth-order valence-corrected chi connectivity index (χ4v) is 3.39. The summed E-state index contributed by atoms with van der Waals surface area (Å²) in [5.74, 6) is -0.120. The van der Waals surface area contributed by atoms with Gasteiger partial charge in [-0.2, -0.15) is 0 Å². The van der Waals surface area contributed by atoms with Crippen LogP contribution in [0.2, 0.25) is 0 Å². The number of rotatable bonds is 3. The molecule has 0 saturated heterocycles. The maximum Gasteiger partial charge on any atom is 0.257 e. The molecule has 0 saturated carbocycles. The van der Waals surface area contributed by atoms with Crippen LogP contribution in [-0.2, 0) is 0 Å². The third-order valence-corrected chi connectivity index (χ3v) is 4.92. The minimum absolute atomic E-state index is 0.120. The van der Waals surface area contributed by atoms with Crippen LogP contribution in [0.25, 0.3) is 10.6 Å². The van der Waals surface area contributed by atoms with Crippen LogP contribution in [0.3, 0.4) is 0 Å². The summed E-state index contributed by atoms with van der Waals surface area (Å²) in [5.41, 5.74) is 3.86. The molecule has 5 heteroatoms. The van der Waals surface area contributed by atoms with E-state index in [1.54, 1.807) is 11.3 Å². The largest absolute Gasteiger partial charge is 0.298 e. The number of benzene rings is 1. The molecule has 21 heavy (non-hydrogen) atoms. The first kappa shape index (κ1) is 14.0. The number of nitrogens with one attached hydrogen (secondary N) is 1. The van der Waals surface area contributed by atoms with E-state index in [4.69, 9.17) is 0 Å². The highest BCUT2D eigenvalue weighted by atomic mass is 32.1. The summed E-state index contributed by atoms with van der Waals surface area (Å²) in [4.78, 5) is 17.8. The third-order valence-electron chi connectivity index (χ3n) is 3.27. The Hall–Kier alpha value is -1.98. The van der Waals surface area contributed by atoms with E-state index in [1.807, 2.05) is 54.9 Å². The molecule has 0 spiro atoms. The number of thiazole rings is 1. The Morgan fingerprint density at radius 3 is 2.71 bits per heavy atom. The number of aryl methyl sites for hydroxylation is 2. The van der Waals surface area contributed by atoms with Gasteiger partial charge in [-0.05, 0) is 48.6 Å². The molecule has 1 aromatic carbocycles. The van der Waals surface area contributed by atoms with Gasteiger partial charge in [-0.25, -0.2) is 4.98 Å². The minimum Gasteiger partial charge on any atom is -0.298 e. The second kappa shape index (κ2) is 5.79. The van der Waals surface area contributed by atoms with E-state index in [0.717, 1.165) is 16.1 Å². The van der Waals surface area contributed by atoms with Crippen molar-refractivity contribution in [3.05, 3.63) is 57.8 Å². The molecule has 0 unspecified atom stereocenters. The molecule has 0 fully saturated rings. The highest BCUT2D eigenvalue weighted by Crippen LogP contribution is 2.28. The maximum absolute atomic E-state index is 12.2. The van der Waals surface area contributed by atoms with Gasteiger partial charge < -0.3 is 0 Å². The topological polar surface area (TPSA) is 42.0 Å². The van der Waals surface area contributed by atoms with Crippen molar-refractivity contribution < 1.29 is 4.79 Å². The number of hydrogen-bond acceptors (Lipinski definition) is 4. The van der Waals surface area contributed by atoms with Crippen molar-refractivity contribution in [3.8, 4) is 10.6 Å². The number of nitrogens with zero attached hydrogens (tertiary/aromatic N) is 1. The lowest BCUT2D eigenvalue weighted by atomic mass is 10.1. The fraction of sp³-hybridized carbons (Fsp3) is 0.125. The van der Waals surface area contributed by atoms with Gasteiger partial charge >= 0.3 is 0 Å². The number of carbonyl (C=O) groups excluding carboxylic acids is 1. The van der Waals surface area contributed by atoms with Crippen molar-refractivity contribution in [1.29, 1.82) is 0 Å². The van der Waals surface area contributed by atoms with E-state index in [0.29, 0.717) is 10.7 Å². The van der Waals surface area contributed by atoms with Gasteiger partial charge in [-0.15, -0.1) is 22.7 Å². The van der Waals surface area contributed by atoms with Gasteiger partial charge in [0.2, 0.25) is 0 Å². The Morgan fingerprint density at radius 1 is 1.14 bits per heavy atom. The van der Waals surface area contributed by atoms with Crippen molar-refractivity contribution in [3.63, 3.8) is 0 Å². The molecule has 2 heterocycles. The summed E-state index contributed by atoms with van der Waals surface area (Å²) in [6.45, 7) is 4.04. The van der Waals surface area contributed by atoms with E-state index in [9.17, 15) is 4.79 Å². The molecular formula is C16H14N2OS2. The smallest absolute Gasteiger partial charge is 0.257 e. The molecular weight excluding hydrogens is 300 g/mol. The molecule has 1 amide bonds. The lowest BCUT2D eigenvalue weighted by Crippen LogP contribution is -2.12. The Labute approximate surface area is 131 Å². The first-order chi connectivity index (χ1) is 10.1. The third kappa shape index (κ3) is 3.04. The van der Waals surface area contributed by atoms with Gasteiger partial charge in [0.1, 0.15) is 0 Å². The second-order valence-electron chi connectivity index (χ2n) is 4.77. The Bertz CT molecular complexity index is 775. The van der Waals surface area contributed by atoms with Gasteiger partial charge in [0.25, 0.3) is 5.91 Å². The molecule has 3 aromatic rings. The Balaban J connectivity index is 1.77. The van der Waals surface area contributed by atoms with Crippen LogP contribution in [0.4, 0.5) is 5.13 Å². The second-order valence-corrected chi connectivity index (χ2v) is 6.57. The standard InChI is InChI=1S/C16H14N2OS2/c1-10-5-6-12(8-11(10)2)15(19)18-16-17-13(9-21-16)14-4-3-7-20-14/h3-9H,1-2H3,(H,17,18,19). The van der Waals surface area contributed by atoms with Crippen molar-refractivity contribution in [1.82, 2.24) is 4.98 Å². The first-order valence-corrected chi connectivity index (χ1v) is 8.27. The van der Waals surface area contributed by atoms with Crippen LogP contribution in [0.1, 0.15) is 21.5 Å². The van der Waals surface area contributed by atoms with Crippen LogP contribution in [0.15, 0.2) is 41.1 Å². The summed E-state index contributed by atoms with van der Waals surface area (Å²) in [7, 11) is 0. The van der Waals surface area contributed by atoms with Crippen molar-refractivity contribution in [2.45, 2.75) is 13.8 Å². The highest BCUT2D eigenvalue weighted by Gasteiger charge is 2.11. The van der Waals surface area contributed by atoms with Crippen molar-refractivity contribution >= 4 is 33.7 Å². The maximum atomic E-state index is 12.2. The predicted molar refractivity (Wildman–Crippen MR) is 89.3 cm³/mol. The average Bonchev–Trinajstić information content (AvgIpc) is 3.12. The number of amides is 1. The summed E-state index contributed by atoms with van der Waals surface area (Å²) in [6, 6.07) is 9.72. The zero-order chi connectivity index (χ0) is 14.8. The van der Waals surface area contributed by atoms with E-state index in [-0.39, 0.29) is 5.91 Å². The number of anilines is 1. The highest BCUT2D eigenvalue weighted by molar-refractivity contribution is 7.16. The van der Waals surface area contributed by atoms with Crippen LogP contribution in [-0.4, -0.2) is 10.9 Å². The monoisotopic (exact) mass is 314 g/mol. The molecule has 0 atom stereocenters. The summed E-state index contributed by atoms with van der Waals surface area (Å²) < 4.78 is 0. The van der Waals surface area contributed by atoms with Gasteiger partial charge in [0.05, 0.1) is 10.6 Å². The van der Waals surface area contributed by atoms with Crippen molar-refractivity contribution in [2.24, 2.45) is 0 Å². The SMILES string of the molecule is Cc1ccc(C(=O)Nc2nc(-c3cccs3)cs2)cc1C. The van der Waals surface area contributed by atoms with E-state index in [1.165, 1.54) is 16.9 Å². The van der Waals surface area contributed by atoms with Gasteiger partial charge in [0.15, 0.2) is 5.13 Å². The molecule has 0 aliphatic rings. The molecule has 3 rings (SSSR count). The van der Waals surface area contributed by atoms with Gasteiger partial charge in [-0.1, -0.05) is 12.1 Å². The first-order valence-electron chi connectivity index (χ1n) is 6.51. The van der Waals surface area contributed by atoms with Crippen LogP contribution < -0.4 is 5.32 Å². The number of aromatic nitrogens is 1. The number of carbonyl (C=O) groups is 1. The quantitative estimate of drug-likeness (QED) is 0.758. The summed E-state index contributed by atoms with van der Waals surface area (Å²) >= 11 is 3.08. The zero-order valence-corrected chi connectivity index (χ0v) is 13.3. The van der Waals surface area contributed by atoms with Crippen molar-refractivity contribution in [2.75, 3.05) is 5.32 Å². The summed E-state index contributed by atoms with van der Waals surface area (Å²) in [5, 5.41) is 7.46. The Kier molecular flexibility index (Phi) is 3.86. The molecule has 106 valence electrons.